The molecule has 0 aromatic carbocycles. The predicted octanol–water partition coefficient (Wildman–Crippen LogP) is -0.391. The lowest BCUT2D eigenvalue weighted by molar-refractivity contribution is -0.131. The molecule has 0 atom stereocenters. The third-order valence-electron chi connectivity index (χ3n) is 0.866. The van der Waals surface area contributed by atoms with E-state index in [-0.39, 0.29) is 5.82 Å². The van der Waals surface area contributed by atoms with Gasteiger partial charge in [0.15, 0.2) is 0 Å². The third-order valence-corrected chi connectivity index (χ3v) is 0.866. The minimum atomic E-state index is -0.981. The molecule has 4 N–H and O–H groups in total. The van der Waals surface area contributed by atoms with Crippen LogP contribution in [-0.2, 0) is 4.79 Å². The number of H-pyrrole nitrogens is 1. The quantitative estimate of drug-likeness (QED) is 0.513. The van der Waals surface area contributed by atoms with E-state index in [0.29, 0.717) is 0 Å². The number of nitrogens with two attached hydrogens (primary N) is 1. The van der Waals surface area contributed by atoms with E-state index in [9.17, 15) is 9.59 Å². The van der Waals surface area contributed by atoms with E-state index in [1.807, 2.05) is 0 Å². The zero-order valence-corrected chi connectivity index (χ0v) is 6.73. The van der Waals surface area contributed by atoms with Gasteiger partial charge in [-0.3, -0.25) is 0 Å². The molecule has 0 saturated carbocycles. The molecular weight excluding hydrogens is 174 g/mol. The van der Waals surface area contributed by atoms with Gasteiger partial charge >= 0.3 is 11.7 Å². The lowest BCUT2D eigenvalue weighted by atomic mass is 10.6. The SMILES string of the molecule is C=CC(=O)O.Nc1cc[nH]c(=O)n1. The Morgan fingerprint density at radius 3 is 2.54 bits per heavy atom. The second-order valence-corrected chi connectivity index (χ2v) is 1.86. The Labute approximate surface area is 73.7 Å². The molecule has 1 aromatic heterocycles. The number of carboxylic acid groups (broad SMARTS) is 1. The number of hydrogen-bond acceptors (Lipinski definition) is 4. The van der Waals surface area contributed by atoms with E-state index in [1.165, 1.54) is 12.3 Å². The first-order valence-corrected chi connectivity index (χ1v) is 3.23. The van der Waals surface area contributed by atoms with Crippen LogP contribution in [0.3, 0.4) is 0 Å². The first-order chi connectivity index (χ1) is 6.06. The van der Waals surface area contributed by atoms with Gasteiger partial charge in [-0.05, 0) is 6.07 Å². The Morgan fingerprint density at radius 2 is 2.31 bits per heavy atom. The molecule has 0 amide bonds. The number of rotatable bonds is 1. The first-order valence-electron chi connectivity index (χ1n) is 3.23. The number of carboxylic acids is 1. The molecule has 0 aliphatic rings. The second-order valence-electron chi connectivity index (χ2n) is 1.86. The van der Waals surface area contributed by atoms with Crippen LogP contribution in [0.15, 0.2) is 29.7 Å². The fourth-order valence-electron chi connectivity index (χ4n) is 0.385. The Balaban J connectivity index is 0.000000252. The zero-order valence-electron chi connectivity index (χ0n) is 6.73. The van der Waals surface area contributed by atoms with Gasteiger partial charge in [-0.2, -0.15) is 4.98 Å². The Kier molecular flexibility index (Phi) is 4.63. The van der Waals surface area contributed by atoms with Crippen molar-refractivity contribution in [2.75, 3.05) is 5.73 Å². The van der Waals surface area contributed by atoms with Crippen molar-refractivity contribution in [3.63, 3.8) is 0 Å². The highest BCUT2D eigenvalue weighted by Gasteiger charge is 1.81. The molecule has 0 unspecified atom stereocenters. The molecule has 0 bridgehead atoms. The average Bonchev–Trinajstić information content (AvgIpc) is 2.05. The summed E-state index contributed by atoms with van der Waals surface area (Å²) >= 11 is 0. The number of nitrogens with zero attached hydrogens (tertiary/aromatic N) is 1. The van der Waals surface area contributed by atoms with Gasteiger partial charge in [0.25, 0.3) is 0 Å². The number of nitrogen functional groups attached to an aromatic ring is 1. The lowest BCUT2D eigenvalue weighted by Gasteiger charge is -1.83. The second kappa shape index (κ2) is 5.53. The minimum Gasteiger partial charge on any atom is -0.478 e. The summed E-state index contributed by atoms with van der Waals surface area (Å²) in [4.78, 5) is 25.2. The minimum absolute atomic E-state index is 0.244. The number of nitrogens with one attached hydrogen (secondary N) is 1. The van der Waals surface area contributed by atoms with Gasteiger partial charge in [-0.25, -0.2) is 9.59 Å². The number of aromatic nitrogens is 2. The summed E-state index contributed by atoms with van der Waals surface area (Å²) in [6.07, 6.45) is 2.28. The standard InChI is InChI=1S/C4H5N3O.C3H4O2/c5-3-1-2-6-4(8)7-3;1-2-3(4)5/h1-2H,(H3,5,6,7,8);2H,1H2,(H,4,5). The Hall–Kier alpha value is -2.11. The molecule has 0 aliphatic heterocycles. The fourth-order valence-corrected chi connectivity index (χ4v) is 0.385. The predicted molar refractivity (Wildman–Crippen MR) is 47.1 cm³/mol. The summed E-state index contributed by atoms with van der Waals surface area (Å²) in [5.41, 5.74) is 4.72. The van der Waals surface area contributed by atoms with Crippen molar-refractivity contribution in [2.45, 2.75) is 0 Å². The van der Waals surface area contributed by atoms with Crippen LogP contribution in [-0.4, -0.2) is 21.0 Å². The number of aromatic amines is 1. The summed E-state index contributed by atoms with van der Waals surface area (Å²) in [6, 6.07) is 1.52. The third kappa shape index (κ3) is 6.29. The molecule has 0 fully saturated rings. The van der Waals surface area contributed by atoms with Gasteiger partial charge < -0.3 is 15.8 Å². The van der Waals surface area contributed by atoms with Crippen LogP contribution >= 0.6 is 0 Å². The molecule has 0 radical (unpaired) electrons. The molecule has 70 valence electrons. The molecular formula is C7H9N3O3. The van der Waals surface area contributed by atoms with Crippen LogP contribution in [0.4, 0.5) is 5.82 Å². The van der Waals surface area contributed by atoms with E-state index < -0.39 is 11.7 Å². The van der Waals surface area contributed by atoms with Crippen LogP contribution in [0.25, 0.3) is 0 Å². The smallest absolute Gasteiger partial charge is 0.346 e. The van der Waals surface area contributed by atoms with Crippen molar-refractivity contribution in [3.05, 3.63) is 35.4 Å². The summed E-state index contributed by atoms with van der Waals surface area (Å²) in [5.74, 6) is -0.737. The maximum absolute atomic E-state index is 10.2. The monoisotopic (exact) mass is 183 g/mol. The largest absolute Gasteiger partial charge is 0.478 e. The molecule has 1 heterocycles. The summed E-state index contributed by atoms with van der Waals surface area (Å²) in [7, 11) is 0. The Bertz CT molecular complexity index is 345. The van der Waals surface area contributed by atoms with Gasteiger partial charge in [0.2, 0.25) is 0 Å². The summed E-state index contributed by atoms with van der Waals surface area (Å²) < 4.78 is 0. The normalized spacial score (nSPS) is 8.00. The average molecular weight is 183 g/mol. The molecule has 6 nitrogen and oxygen atoms in total. The molecule has 13 heavy (non-hydrogen) atoms. The fraction of sp³-hybridized carbons (Fsp3) is 0. The van der Waals surface area contributed by atoms with Crippen LogP contribution in [0.1, 0.15) is 0 Å². The molecule has 6 heteroatoms. The highest BCUT2D eigenvalue weighted by atomic mass is 16.4. The number of anilines is 1. The zero-order chi connectivity index (χ0) is 10.3. The topological polar surface area (TPSA) is 109 Å². The van der Waals surface area contributed by atoms with E-state index in [1.54, 1.807) is 0 Å². The first kappa shape index (κ1) is 10.9. The van der Waals surface area contributed by atoms with Crippen LogP contribution in [0.5, 0.6) is 0 Å². The van der Waals surface area contributed by atoms with Crippen molar-refractivity contribution >= 4 is 11.8 Å². The molecule has 1 aromatic rings. The summed E-state index contributed by atoms with van der Waals surface area (Å²) in [6.45, 7) is 2.96. The van der Waals surface area contributed by atoms with Crippen LogP contribution < -0.4 is 11.4 Å². The highest BCUT2D eigenvalue weighted by Crippen LogP contribution is 1.82. The van der Waals surface area contributed by atoms with Crippen molar-refractivity contribution in [3.8, 4) is 0 Å². The van der Waals surface area contributed by atoms with Crippen molar-refractivity contribution in [2.24, 2.45) is 0 Å². The van der Waals surface area contributed by atoms with E-state index in [4.69, 9.17) is 10.8 Å². The van der Waals surface area contributed by atoms with Crippen molar-refractivity contribution in [1.29, 1.82) is 0 Å². The van der Waals surface area contributed by atoms with Crippen LogP contribution in [0, 0.1) is 0 Å². The maximum atomic E-state index is 10.2. The van der Waals surface area contributed by atoms with Crippen molar-refractivity contribution < 1.29 is 9.90 Å². The molecule has 0 saturated heterocycles. The van der Waals surface area contributed by atoms with E-state index >= 15 is 0 Å². The highest BCUT2D eigenvalue weighted by molar-refractivity contribution is 5.78. The van der Waals surface area contributed by atoms with E-state index in [0.717, 1.165) is 6.08 Å². The number of aliphatic carboxylic acids is 1. The maximum Gasteiger partial charge on any atom is 0.346 e. The molecule has 0 spiro atoms. The molecule has 0 aliphatic carbocycles. The molecule has 1 rings (SSSR count). The van der Waals surface area contributed by atoms with Crippen molar-refractivity contribution in [1.82, 2.24) is 9.97 Å². The lowest BCUT2D eigenvalue weighted by Crippen LogP contribution is -2.10. The van der Waals surface area contributed by atoms with Crippen LogP contribution in [0.2, 0.25) is 0 Å². The number of carbonyl (C=O) groups is 1. The van der Waals surface area contributed by atoms with E-state index in [2.05, 4.69) is 16.5 Å². The summed E-state index contributed by atoms with van der Waals surface area (Å²) in [5, 5.41) is 7.60. The van der Waals surface area contributed by atoms with Gasteiger partial charge in [-0.15, -0.1) is 0 Å². The Morgan fingerprint density at radius 1 is 1.77 bits per heavy atom. The van der Waals surface area contributed by atoms with Gasteiger partial charge in [0, 0.05) is 12.3 Å². The van der Waals surface area contributed by atoms with Gasteiger partial charge in [-0.1, -0.05) is 6.58 Å². The van der Waals surface area contributed by atoms with Gasteiger partial charge in [0.1, 0.15) is 5.82 Å². The van der Waals surface area contributed by atoms with Gasteiger partial charge in [0.05, 0.1) is 0 Å². The number of hydrogen-bond donors (Lipinski definition) is 3.